The van der Waals surface area contributed by atoms with Gasteiger partial charge in [0.15, 0.2) is 0 Å². The first kappa shape index (κ1) is 17.2. The monoisotopic (exact) mass is 314 g/mol. The Morgan fingerprint density at radius 2 is 1.96 bits per heavy atom. The summed E-state index contributed by atoms with van der Waals surface area (Å²) in [4.78, 5) is 12.3. The molecule has 1 amide bonds. The quantitative estimate of drug-likeness (QED) is 0.857. The van der Waals surface area contributed by atoms with Crippen LogP contribution in [0.25, 0.3) is 0 Å². The molecule has 3 N–H and O–H groups in total. The molecule has 0 aliphatic rings. The van der Waals surface area contributed by atoms with Crippen LogP contribution in [0.3, 0.4) is 0 Å². The molecule has 1 aromatic heterocycles. The smallest absolute Gasteiger partial charge is 0.224 e. The van der Waals surface area contributed by atoms with Crippen LogP contribution in [-0.4, -0.2) is 22.2 Å². The van der Waals surface area contributed by atoms with E-state index < -0.39 is 0 Å². The minimum Gasteiger partial charge on any atom is -0.355 e. The molecule has 0 saturated carbocycles. The molecule has 5 heteroatoms. The van der Waals surface area contributed by atoms with Crippen molar-refractivity contribution in [1.29, 1.82) is 0 Å². The lowest BCUT2D eigenvalue weighted by atomic mass is 9.94. The lowest BCUT2D eigenvalue weighted by molar-refractivity contribution is -0.125. The highest BCUT2D eigenvalue weighted by atomic mass is 16.1. The first-order chi connectivity index (χ1) is 10.9. The average Bonchev–Trinajstić information content (AvgIpc) is 2.80. The van der Waals surface area contributed by atoms with Crippen molar-refractivity contribution < 1.29 is 4.79 Å². The van der Waals surface area contributed by atoms with E-state index in [2.05, 4.69) is 10.4 Å². The molecule has 1 aromatic carbocycles. The maximum atomic E-state index is 12.3. The van der Waals surface area contributed by atoms with Crippen molar-refractivity contribution in [1.82, 2.24) is 15.1 Å². The molecule has 0 aliphatic heterocycles. The van der Waals surface area contributed by atoms with Gasteiger partial charge in [-0.25, -0.2) is 0 Å². The summed E-state index contributed by atoms with van der Waals surface area (Å²) in [7, 11) is 1.94. The van der Waals surface area contributed by atoms with Gasteiger partial charge in [-0.2, -0.15) is 5.10 Å². The van der Waals surface area contributed by atoms with E-state index in [1.54, 1.807) is 0 Å². The summed E-state index contributed by atoms with van der Waals surface area (Å²) in [6.45, 7) is 6.51. The van der Waals surface area contributed by atoms with Gasteiger partial charge < -0.3 is 11.1 Å². The first-order valence-electron chi connectivity index (χ1n) is 7.99. The molecule has 2 rings (SSSR count). The number of nitrogens with zero attached hydrogens (tertiary/aromatic N) is 2. The van der Waals surface area contributed by atoms with Gasteiger partial charge in [0, 0.05) is 25.3 Å². The van der Waals surface area contributed by atoms with E-state index in [0.717, 1.165) is 23.4 Å². The van der Waals surface area contributed by atoms with Crippen LogP contribution in [-0.2, 0) is 18.3 Å². The highest BCUT2D eigenvalue weighted by Gasteiger charge is 2.21. The topological polar surface area (TPSA) is 72.9 Å². The van der Waals surface area contributed by atoms with E-state index in [4.69, 9.17) is 5.73 Å². The number of benzene rings is 1. The molecule has 0 saturated heterocycles. The molecule has 0 bridgehead atoms. The second-order valence-corrected chi connectivity index (χ2v) is 6.04. The van der Waals surface area contributed by atoms with Crippen molar-refractivity contribution in [3.05, 3.63) is 52.8 Å². The minimum absolute atomic E-state index is 0.0134. The van der Waals surface area contributed by atoms with Crippen LogP contribution >= 0.6 is 0 Å². The molecule has 0 radical (unpaired) electrons. The Kier molecular flexibility index (Phi) is 5.55. The van der Waals surface area contributed by atoms with Gasteiger partial charge >= 0.3 is 0 Å². The number of amides is 1. The number of hydrogen-bond donors (Lipinski definition) is 2. The Morgan fingerprint density at radius 1 is 1.30 bits per heavy atom. The number of carbonyl (C=O) groups is 1. The molecule has 5 nitrogen and oxygen atoms in total. The summed E-state index contributed by atoms with van der Waals surface area (Å²) in [6.07, 6.45) is 0.782. The third-order valence-corrected chi connectivity index (χ3v) is 4.47. The van der Waals surface area contributed by atoms with Crippen LogP contribution in [0.4, 0.5) is 0 Å². The second-order valence-electron chi connectivity index (χ2n) is 6.04. The fraction of sp³-hybridized carbons (Fsp3) is 0.444. The molecule has 0 spiro atoms. The largest absolute Gasteiger partial charge is 0.355 e. The van der Waals surface area contributed by atoms with Crippen LogP contribution in [0.2, 0.25) is 0 Å². The Hall–Kier alpha value is -2.14. The standard InChI is InChI=1S/C18H26N4O/c1-12(17(19)15-8-6-5-7-9-15)18(23)20-11-10-16-13(2)21-22(4)14(16)3/h5-9,12,17H,10-11,19H2,1-4H3,(H,20,23). The predicted molar refractivity (Wildman–Crippen MR) is 91.9 cm³/mol. The van der Waals surface area contributed by atoms with Crippen molar-refractivity contribution in [2.45, 2.75) is 33.2 Å². The summed E-state index contributed by atoms with van der Waals surface area (Å²) < 4.78 is 1.88. The highest BCUT2D eigenvalue weighted by molar-refractivity contribution is 5.79. The average molecular weight is 314 g/mol. The minimum atomic E-state index is -0.293. The van der Waals surface area contributed by atoms with E-state index in [1.807, 2.05) is 62.8 Å². The maximum Gasteiger partial charge on any atom is 0.224 e. The summed E-state index contributed by atoms with van der Waals surface area (Å²) >= 11 is 0. The Morgan fingerprint density at radius 3 is 2.52 bits per heavy atom. The van der Waals surface area contributed by atoms with E-state index in [-0.39, 0.29) is 17.9 Å². The zero-order valence-electron chi connectivity index (χ0n) is 14.3. The van der Waals surface area contributed by atoms with Crippen LogP contribution in [0.5, 0.6) is 0 Å². The van der Waals surface area contributed by atoms with E-state index in [1.165, 1.54) is 5.56 Å². The number of aromatic nitrogens is 2. The SMILES string of the molecule is Cc1nn(C)c(C)c1CCNC(=O)C(C)C(N)c1ccccc1. The highest BCUT2D eigenvalue weighted by Crippen LogP contribution is 2.19. The van der Waals surface area contributed by atoms with Crippen molar-refractivity contribution in [2.24, 2.45) is 18.7 Å². The number of hydrogen-bond acceptors (Lipinski definition) is 3. The number of nitrogens with one attached hydrogen (secondary N) is 1. The number of rotatable bonds is 6. The molecule has 2 unspecified atom stereocenters. The molecule has 124 valence electrons. The molecule has 0 aliphatic carbocycles. The van der Waals surface area contributed by atoms with Gasteiger partial charge in [-0.3, -0.25) is 9.48 Å². The van der Waals surface area contributed by atoms with Gasteiger partial charge in [-0.05, 0) is 31.4 Å². The van der Waals surface area contributed by atoms with Crippen LogP contribution in [0.15, 0.2) is 30.3 Å². The fourth-order valence-electron chi connectivity index (χ4n) is 2.78. The Balaban J connectivity index is 1.89. The van der Waals surface area contributed by atoms with Gasteiger partial charge in [-0.1, -0.05) is 37.3 Å². The van der Waals surface area contributed by atoms with Gasteiger partial charge in [-0.15, -0.1) is 0 Å². The van der Waals surface area contributed by atoms with Gasteiger partial charge in [0.1, 0.15) is 0 Å². The predicted octanol–water partition coefficient (Wildman–Crippen LogP) is 2.03. The normalized spacial score (nSPS) is 13.6. The van der Waals surface area contributed by atoms with E-state index >= 15 is 0 Å². The summed E-state index contributed by atoms with van der Waals surface area (Å²) in [6, 6.07) is 9.44. The van der Waals surface area contributed by atoms with Gasteiger partial charge in [0.2, 0.25) is 5.91 Å². The molecule has 1 heterocycles. The molecular formula is C18H26N4O. The summed E-state index contributed by atoms with van der Waals surface area (Å²) in [5, 5.41) is 7.38. The zero-order chi connectivity index (χ0) is 17.0. The third-order valence-electron chi connectivity index (χ3n) is 4.47. The molecule has 0 fully saturated rings. The molecular weight excluding hydrogens is 288 g/mol. The van der Waals surface area contributed by atoms with E-state index in [0.29, 0.717) is 6.54 Å². The number of aryl methyl sites for hydroxylation is 2. The molecule has 2 aromatic rings. The van der Waals surface area contributed by atoms with Crippen molar-refractivity contribution in [3.8, 4) is 0 Å². The number of carbonyl (C=O) groups excluding carboxylic acids is 1. The summed E-state index contributed by atoms with van der Waals surface area (Å²) in [5.74, 6) is -0.283. The van der Waals surface area contributed by atoms with Gasteiger partial charge in [0.05, 0.1) is 11.6 Å². The second kappa shape index (κ2) is 7.42. The van der Waals surface area contributed by atoms with E-state index in [9.17, 15) is 4.79 Å². The summed E-state index contributed by atoms with van der Waals surface area (Å²) in [5.41, 5.74) is 10.5. The Labute approximate surface area is 137 Å². The lowest BCUT2D eigenvalue weighted by Crippen LogP contribution is -2.36. The first-order valence-corrected chi connectivity index (χ1v) is 7.99. The zero-order valence-corrected chi connectivity index (χ0v) is 14.3. The van der Waals surface area contributed by atoms with Crippen LogP contribution < -0.4 is 11.1 Å². The van der Waals surface area contributed by atoms with Gasteiger partial charge in [0.25, 0.3) is 0 Å². The lowest BCUT2D eigenvalue weighted by Gasteiger charge is -2.19. The third kappa shape index (κ3) is 3.99. The maximum absolute atomic E-state index is 12.3. The van der Waals surface area contributed by atoms with Crippen LogP contribution in [0, 0.1) is 19.8 Å². The van der Waals surface area contributed by atoms with Crippen molar-refractivity contribution >= 4 is 5.91 Å². The fourth-order valence-corrected chi connectivity index (χ4v) is 2.78. The van der Waals surface area contributed by atoms with Crippen molar-refractivity contribution in [3.63, 3.8) is 0 Å². The number of nitrogens with two attached hydrogens (primary N) is 1. The molecule has 23 heavy (non-hydrogen) atoms. The van der Waals surface area contributed by atoms with Crippen LogP contribution in [0.1, 0.15) is 35.5 Å². The Bertz CT molecular complexity index is 663. The molecule has 2 atom stereocenters. The van der Waals surface area contributed by atoms with Crippen molar-refractivity contribution in [2.75, 3.05) is 6.54 Å².